The third kappa shape index (κ3) is 12.3. The molecule has 4 heteroatoms. The van der Waals surface area contributed by atoms with Gasteiger partial charge in [0.25, 0.3) is 0 Å². The summed E-state index contributed by atoms with van der Waals surface area (Å²) < 4.78 is 0. The van der Waals surface area contributed by atoms with Crippen molar-refractivity contribution in [2.24, 2.45) is 0 Å². The van der Waals surface area contributed by atoms with Crippen LogP contribution in [-0.2, 0) is 0 Å². The summed E-state index contributed by atoms with van der Waals surface area (Å²) in [5, 5.41) is 25.0. The highest BCUT2D eigenvalue weighted by Gasteiger charge is 2.00. The normalized spacial score (nSPS) is 14.7. The van der Waals surface area contributed by atoms with Crippen LogP contribution in [0.25, 0.3) is 0 Å². The summed E-state index contributed by atoms with van der Waals surface area (Å²) in [7, 11) is 0. The summed E-state index contributed by atoms with van der Waals surface area (Å²) in [4.78, 5) is 0. The molecule has 0 heterocycles. The van der Waals surface area contributed by atoms with Crippen molar-refractivity contribution in [1.29, 1.82) is 0 Å². The minimum atomic E-state index is -0.323. The van der Waals surface area contributed by atoms with Crippen LogP contribution in [0.5, 0.6) is 0 Å². The molecule has 0 aromatic carbocycles. The Morgan fingerprint density at radius 2 is 1.17 bits per heavy atom. The molecule has 0 aromatic rings. The van der Waals surface area contributed by atoms with Gasteiger partial charge in [0.05, 0.1) is 12.2 Å². The van der Waals surface area contributed by atoms with Crippen molar-refractivity contribution in [2.75, 3.05) is 26.2 Å². The third-order valence-corrected chi connectivity index (χ3v) is 2.93. The Hall–Kier alpha value is -0.160. The summed E-state index contributed by atoms with van der Waals surface area (Å²) in [6.45, 7) is 7.00. The number of nitrogens with one attached hydrogen (secondary N) is 2. The van der Waals surface area contributed by atoms with Crippen molar-refractivity contribution < 1.29 is 10.2 Å². The quantitative estimate of drug-likeness (QED) is 0.371. The number of rotatable bonds is 13. The second-order valence-electron chi connectivity index (χ2n) is 4.62. The van der Waals surface area contributed by atoms with Crippen LogP contribution < -0.4 is 10.6 Å². The van der Waals surface area contributed by atoms with Gasteiger partial charge in [-0.3, -0.25) is 0 Å². The number of hydrogen-bond donors (Lipinski definition) is 4. The Balaban J connectivity index is 3.03. The molecule has 0 bridgehead atoms. The first-order chi connectivity index (χ1) is 8.70. The lowest BCUT2D eigenvalue weighted by Crippen LogP contribution is -2.27. The maximum atomic E-state index is 9.27. The van der Waals surface area contributed by atoms with Gasteiger partial charge in [0.1, 0.15) is 0 Å². The van der Waals surface area contributed by atoms with Gasteiger partial charge in [-0.15, -0.1) is 0 Å². The highest BCUT2D eigenvalue weighted by atomic mass is 16.3. The van der Waals surface area contributed by atoms with E-state index in [9.17, 15) is 10.2 Å². The fraction of sp³-hybridized carbons (Fsp3) is 0.857. The van der Waals surface area contributed by atoms with Gasteiger partial charge in [0, 0.05) is 13.1 Å². The lowest BCUT2D eigenvalue weighted by molar-refractivity contribution is 0.202. The van der Waals surface area contributed by atoms with Crippen molar-refractivity contribution in [3.63, 3.8) is 0 Å². The Morgan fingerprint density at radius 1 is 0.778 bits per heavy atom. The zero-order valence-corrected chi connectivity index (χ0v) is 11.9. The average Bonchev–Trinajstić information content (AvgIpc) is 2.40. The zero-order valence-electron chi connectivity index (χ0n) is 11.9. The van der Waals surface area contributed by atoms with E-state index in [1.165, 1.54) is 12.8 Å². The van der Waals surface area contributed by atoms with Crippen molar-refractivity contribution >= 4 is 0 Å². The summed E-state index contributed by atoms with van der Waals surface area (Å²) >= 11 is 0. The molecule has 2 radical (unpaired) electrons. The number of aliphatic hydroxyl groups excluding tert-OH is 2. The minimum Gasteiger partial charge on any atom is -0.392 e. The monoisotopic (exact) mass is 258 g/mol. The Labute approximate surface area is 112 Å². The van der Waals surface area contributed by atoms with Crippen LogP contribution in [0.4, 0.5) is 0 Å². The van der Waals surface area contributed by atoms with Crippen LogP contribution in [-0.4, -0.2) is 48.6 Å². The molecule has 2 atom stereocenters. The van der Waals surface area contributed by atoms with E-state index in [0.29, 0.717) is 13.1 Å². The highest BCUT2D eigenvalue weighted by Crippen LogP contribution is 1.98. The minimum absolute atomic E-state index is 0.323. The van der Waals surface area contributed by atoms with Gasteiger partial charge in [0.15, 0.2) is 0 Å². The third-order valence-electron chi connectivity index (χ3n) is 2.93. The van der Waals surface area contributed by atoms with E-state index < -0.39 is 0 Å². The maximum absolute atomic E-state index is 9.27. The predicted molar refractivity (Wildman–Crippen MR) is 76.2 cm³/mol. The van der Waals surface area contributed by atoms with Crippen molar-refractivity contribution in [3.05, 3.63) is 12.8 Å². The molecule has 0 spiro atoms. The molecule has 18 heavy (non-hydrogen) atoms. The fourth-order valence-electron chi connectivity index (χ4n) is 1.59. The van der Waals surface area contributed by atoms with E-state index in [-0.39, 0.29) is 12.2 Å². The van der Waals surface area contributed by atoms with Crippen LogP contribution in [0.2, 0.25) is 0 Å². The zero-order chi connectivity index (χ0) is 13.6. The van der Waals surface area contributed by atoms with Gasteiger partial charge in [-0.25, -0.2) is 0 Å². The first-order valence-electron chi connectivity index (χ1n) is 7.07. The van der Waals surface area contributed by atoms with E-state index in [2.05, 4.69) is 10.6 Å². The van der Waals surface area contributed by atoms with E-state index in [1.807, 2.05) is 13.8 Å². The van der Waals surface area contributed by atoms with Gasteiger partial charge in [-0.05, 0) is 38.8 Å². The van der Waals surface area contributed by atoms with E-state index in [1.54, 1.807) is 12.8 Å². The number of aliphatic hydroxyl groups is 2. The molecular formula is C14H30N2O2. The van der Waals surface area contributed by atoms with Crippen molar-refractivity contribution in [3.8, 4) is 0 Å². The van der Waals surface area contributed by atoms with Gasteiger partial charge in [-0.1, -0.05) is 26.7 Å². The molecular weight excluding hydrogens is 228 g/mol. The molecule has 108 valence electrons. The summed E-state index contributed by atoms with van der Waals surface area (Å²) in [6, 6.07) is 0. The second-order valence-corrected chi connectivity index (χ2v) is 4.62. The van der Waals surface area contributed by atoms with Gasteiger partial charge in [-0.2, -0.15) is 0 Å². The average molecular weight is 258 g/mol. The molecule has 2 unspecified atom stereocenters. The topological polar surface area (TPSA) is 64.5 Å². The van der Waals surface area contributed by atoms with Crippen LogP contribution in [0, 0.1) is 12.8 Å². The molecule has 0 rings (SSSR count). The molecule has 0 amide bonds. The molecule has 0 aliphatic rings. The number of unbranched alkanes of at least 4 members (excludes halogenated alkanes) is 3. The maximum Gasteiger partial charge on any atom is 0.0693 e. The summed E-state index contributed by atoms with van der Waals surface area (Å²) in [5.41, 5.74) is 0. The first-order valence-corrected chi connectivity index (χ1v) is 7.07. The lowest BCUT2D eigenvalue weighted by Gasteiger charge is -2.10. The van der Waals surface area contributed by atoms with Crippen LogP contribution in [0.15, 0.2) is 0 Å². The van der Waals surface area contributed by atoms with Crippen molar-refractivity contribution in [2.45, 2.75) is 51.7 Å². The fourth-order valence-corrected chi connectivity index (χ4v) is 1.59. The molecule has 0 saturated carbocycles. The van der Waals surface area contributed by atoms with Crippen LogP contribution in [0.1, 0.15) is 39.5 Å². The molecule has 4 nitrogen and oxygen atoms in total. The second kappa shape index (κ2) is 13.3. The van der Waals surface area contributed by atoms with E-state index >= 15 is 0 Å². The Kier molecular flexibility index (Phi) is 13.2. The molecule has 0 aliphatic heterocycles. The smallest absolute Gasteiger partial charge is 0.0693 e. The van der Waals surface area contributed by atoms with Crippen LogP contribution in [0.3, 0.4) is 0 Å². The van der Waals surface area contributed by atoms with Gasteiger partial charge in [0.2, 0.25) is 0 Å². The largest absolute Gasteiger partial charge is 0.392 e. The van der Waals surface area contributed by atoms with Gasteiger partial charge < -0.3 is 20.8 Å². The van der Waals surface area contributed by atoms with Crippen LogP contribution >= 0.6 is 0 Å². The van der Waals surface area contributed by atoms with E-state index in [4.69, 9.17) is 0 Å². The predicted octanol–water partition coefficient (Wildman–Crippen LogP) is 0.896. The molecule has 4 N–H and O–H groups in total. The lowest BCUT2D eigenvalue weighted by atomic mass is 10.2. The van der Waals surface area contributed by atoms with Crippen molar-refractivity contribution in [1.82, 2.24) is 10.6 Å². The highest BCUT2D eigenvalue weighted by molar-refractivity contribution is 4.72. The van der Waals surface area contributed by atoms with E-state index in [0.717, 1.165) is 25.9 Å². The number of hydrogen-bond acceptors (Lipinski definition) is 4. The Bertz CT molecular complexity index is 150. The standard InChI is InChI=1S/C14H30N2O2/c1-3-13(17)11-15-9-7-5-6-8-10-16-12-14(18)4-2/h3-4,13-18H,5-12H2,1-2H3. The first kappa shape index (κ1) is 17.8. The Morgan fingerprint density at radius 3 is 1.50 bits per heavy atom. The molecule has 0 fully saturated rings. The summed E-state index contributed by atoms with van der Waals surface area (Å²) in [6.07, 6.45) is 7.67. The molecule has 0 aliphatic carbocycles. The molecule has 0 aromatic heterocycles. The SMILES string of the molecule is C[CH]C(O)CNCCCCCCNCC(O)[CH]C. The van der Waals surface area contributed by atoms with Gasteiger partial charge >= 0.3 is 0 Å². The summed E-state index contributed by atoms with van der Waals surface area (Å²) in [5.74, 6) is 0. The molecule has 0 saturated heterocycles.